The third-order valence-electron chi connectivity index (χ3n) is 5.53. The van der Waals surface area contributed by atoms with Crippen molar-refractivity contribution in [2.45, 2.75) is 51.5 Å². The molecule has 5 rings (SSSR count). The standard InChI is InChI=1S/C20H20ClN5O2/c1-11(2)26-15-9-13(21)7-8-14(15)25-10-22-16(17(25)20(26)27)19-23-18(24-28-19)12-5-3-4-6-12/h7-12H,3-6H2,1-2H3. The Morgan fingerprint density at radius 3 is 2.75 bits per heavy atom. The molecule has 0 N–H and O–H groups in total. The minimum absolute atomic E-state index is 0.0436. The highest BCUT2D eigenvalue weighted by Gasteiger charge is 2.26. The van der Waals surface area contributed by atoms with Gasteiger partial charge in [-0.2, -0.15) is 4.98 Å². The lowest BCUT2D eigenvalue weighted by atomic mass is 10.1. The fourth-order valence-electron chi connectivity index (χ4n) is 4.20. The highest BCUT2D eigenvalue weighted by atomic mass is 35.5. The van der Waals surface area contributed by atoms with E-state index in [1.165, 1.54) is 12.8 Å². The molecule has 0 unspecified atom stereocenters. The van der Waals surface area contributed by atoms with Gasteiger partial charge in [-0.05, 0) is 44.9 Å². The molecule has 1 aliphatic rings. The fraction of sp³-hybridized carbons (Fsp3) is 0.400. The Hall–Kier alpha value is -2.67. The van der Waals surface area contributed by atoms with Crippen LogP contribution in [0.25, 0.3) is 28.1 Å². The molecule has 1 aromatic carbocycles. The minimum atomic E-state index is -0.155. The van der Waals surface area contributed by atoms with Gasteiger partial charge in [-0.15, -0.1) is 0 Å². The minimum Gasteiger partial charge on any atom is -0.332 e. The summed E-state index contributed by atoms with van der Waals surface area (Å²) in [4.78, 5) is 22.4. The molecule has 1 saturated carbocycles. The summed E-state index contributed by atoms with van der Waals surface area (Å²) in [6.07, 6.45) is 6.17. The molecule has 0 radical (unpaired) electrons. The highest BCUT2D eigenvalue weighted by molar-refractivity contribution is 6.31. The smallest absolute Gasteiger partial charge is 0.278 e. The summed E-state index contributed by atoms with van der Waals surface area (Å²) in [5.74, 6) is 1.34. The van der Waals surface area contributed by atoms with Gasteiger partial charge >= 0.3 is 0 Å². The van der Waals surface area contributed by atoms with Gasteiger partial charge in [0.2, 0.25) is 0 Å². The van der Waals surface area contributed by atoms with Gasteiger partial charge < -0.3 is 9.09 Å². The zero-order chi connectivity index (χ0) is 19.4. The predicted octanol–water partition coefficient (Wildman–Crippen LogP) is 4.59. The van der Waals surface area contributed by atoms with Crippen LogP contribution in [0.4, 0.5) is 0 Å². The molecule has 1 fully saturated rings. The SMILES string of the molecule is CC(C)n1c(=O)c2c(-c3nc(C4CCCC4)no3)ncn2c2ccc(Cl)cc21. The summed E-state index contributed by atoms with van der Waals surface area (Å²) in [7, 11) is 0. The molecule has 0 aliphatic heterocycles. The third kappa shape index (κ3) is 2.57. The van der Waals surface area contributed by atoms with E-state index in [2.05, 4.69) is 15.1 Å². The molecule has 0 atom stereocenters. The average Bonchev–Trinajstić information content (AvgIpc) is 3.40. The van der Waals surface area contributed by atoms with Crippen molar-refractivity contribution in [3.63, 3.8) is 0 Å². The maximum Gasteiger partial charge on any atom is 0.278 e. The Balaban J connectivity index is 1.77. The number of imidazole rings is 1. The number of halogens is 1. The maximum atomic E-state index is 13.4. The van der Waals surface area contributed by atoms with Crippen LogP contribution in [0.1, 0.15) is 57.3 Å². The Morgan fingerprint density at radius 1 is 1.21 bits per heavy atom. The Bertz CT molecular complexity index is 1250. The molecule has 3 aromatic heterocycles. The second-order valence-electron chi connectivity index (χ2n) is 7.65. The Kier molecular flexibility index (Phi) is 4.01. The van der Waals surface area contributed by atoms with Crippen molar-refractivity contribution in [2.24, 2.45) is 0 Å². The zero-order valence-electron chi connectivity index (χ0n) is 15.7. The van der Waals surface area contributed by atoms with Crippen molar-refractivity contribution in [3.8, 4) is 11.6 Å². The van der Waals surface area contributed by atoms with Crippen molar-refractivity contribution >= 4 is 28.2 Å². The molecule has 3 heterocycles. The van der Waals surface area contributed by atoms with Crippen molar-refractivity contribution in [2.75, 3.05) is 0 Å². The van der Waals surface area contributed by atoms with E-state index in [-0.39, 0.29) is 11.6 Å². The molecule has 7 nitrogen and oxygen atoms in total. The summed E-state index contributed by atoms with van der Waals surface area (Å²) in [6.45, 7) is 3.94. The van der Waals surface area contributed by atoms with Crippen LogP contribution in [0.3, 0.4) is 0 Å². The molecule has 0 saturated heterocycles. The van der Waals surface area contributed by atoms with Crippen LogP contribution < -0.4 is 5.56 Å². The number of hydrogen-bond acceptors (Lipinski definition) is 5. The normalized spacial score (nSPS) is 15.4. The highest BCUT2D eigenvalue weighted by Crippen LogP contribution is 2.34. The molecular formula is C20H20ClN5O2. The largest absolute Gasteiger partial charge is 0.332 e. The van der Waals surface area contributed by atoms with Gasteiger partial charge in [0, 0.05) is 17.0 Å². The fourth-order valence-corrected chi connectivity index (χ4v) is 4.37. The Labute approximate surface area is 166 Å². The van der Waals surface area contributed by atoms with E-state index in [9.17, 15) is 4.79 Å². The van der Waals surface area contributed by atoms with Crippen LogP contribution in [0.2, 0.25) is 5.02 Å². The van der Waals surface area contributed by atoms with E-state index in [0.29, 0.717) is 33.9 Å². The molecule has 144 valence electrons. The monoisotopic (exact) mass is 397 g/mol. The number of aromatic nitrogens is 5. The second-order valence-corrected chi connectivity index (χ2v) is 8.09. The van der Waals surface area contributed by atoms with E-state index in [0.717, 1.165) is 23.9 Å². The first-order valence-corrected chi connectivity index (χ1v) is 9.97. The molecular weight excluding hydrogens is 378 g/mol. The van der Waals surface area contributed by atoms with Gasteiger partial charge in [-0.1, -0.05) is 29.6 Å². The summed E-state index contributed by atoms with van der Waals surface area (Å²) >= 11 is 6.19. The predicted molar refractivity (Wildman–Crippen MR) is 107 cm³/mol. The summed E-state index contributed by atoms with van der Waals surface area (Å²) in [5.41, 5.74) is 2.32. The van der Waals surface area contributed by atoms with Gasteiger partial charge in [0.1, 0.15) is 11.8 Å². The first-order valence-electron chi connectivity index (χ1n) is 9.59. The van der Waals surface area contributed by atoms with E-state index >= 15 is 0 Å². The van der Waals surface area contributed by atoms with Gasteiger partial charge in [0.05, 0.1) is 11.0 Å². The second kappa shape index (κ2) is 6.44. The average molecular weight is 398 g/mol. The topological polar surface area (TPSA) is 78.2 Å². The van der Waals surface area contributed by atoms with Gasteiger partial charge in [-0.3, -0.25) is 9.20 Å². The van der Waals surface area contributed by atoms with Crippen molar-refractivity contribution in [1.82, 2.24) is 24.1 Å². The lowest BCUT2D eigenvalue weighted by Crippen LogP contribution is -2.24. The first-order chi connectivity index (χ1) is 13.5. The van der Waals surface area contributed by atoms with E-state index < -0.39 is 0 Å². The lowest BCUT2D eigenvalue weighted by molar-refractivity contribution is 0.415. The molecule has 0 bridgehead atoms. The lowest BCUT2D eigenvalue weighted by Gasteiger charge is -2.15. The van der Waals surface area contributed by atoms with Crippen LogP contribution in [0.15, 0.2) is 33.8 Å². The summed E-state index contributed by atoms with van der Waals surface area (Å²) in [5, 5.41) is 4.74. The third-order valence-corrected chi connectivity index (χ3v) is 5.76. The molecule has 28 heavy (non-hydrogen) atoms. The molecule has 4 aromatic rings. The van der Waals surface area contributed by atoms with Crippen LogP contribution in [0, 0.1) is 0 Å². The molecule has 0 amide bonds. The van der Waals surface area contributed by atoms with Gasteiger partial charge in [0.15, 0.2) is 11.5 Å². The number of fused-ring (bicyclic) bond motifs is 3. The van der Waals surface area contributed by atoms with Gasteiger partial charge in [0.25, 0.3) is 11.4 Å². The summed E-state index contributed by atoms with van der Waals surface area (Å²) in [6, 6.07) is 5.47. The van der Waals surface area contributed by atoms with Crippen LogP contribution in [0.5, 0.6) is 0 Å². The number of benzene rings is 1. The molecule has 0 spiro atoms. The first kappa shape index (κ1) is 17.4. The van der Waals surface area contributed by atoms with Crippen LogP contribution in [-0.4, -0.2) is 24.1 Å². The maximum absolute atomic E-state index is 13.4. The van der Waals surface area contributed by atoms with Crippen molar-refractivity contribution < 1.29 is 4.52 Å². The number of rotatable bonds is 3. The molecule has 8 heteroatoms. The quantitative estimate of drug-likeness (QED) is 0.505. The Morgan fingerprint density at radius 2 is 2.00 bits per heavy atom. The van der Waals surface area contributed by atoms with Crippen molar-refractivity contribution in [3.05, 3.63) is 45.7 Å². The molecule has 1 aliphatic carbocycles. The summed E-state index contributed by atoms with van der Waals surface area (Å²) < 4.78 is 9.02. The van der Waals surface area contributed by atoms with Crippen LogP contribution >= 0.6 is 11.6 Å². The number of nitrogens with zero attached hydrogens (tertiary/aromatic N) is 5. The van der Waals surface area contributed by atoms with E-state index in [1.54, 1.807) is 15.3 Å². The zero-order valence-corrected chi connectivity index (χ0v) is 16.5. The number of hydrogen-bond donors (Lipinski definition) is 0. The van der Waals surface area contributed by atoms with E-state index in [4.69, 9.17) is 16.1 Å². The van der Waals surface area contributed by atoms with Gasteiger partial charge in [-0.25, -0.2) is 4.98 Å². The van der Waals surface area contributed by atoms with Crippen LogP contribution in [-0.2, 0) is 0 Å². The van der Waals surface area contributed by atoms with E-state index in [1.807, 2.05) is 32.0 Å². The van der Waals surface area contributed by atoms with Crippen molar-refractivity contribution in [1.29, 1.82) is 0 Å².